The van der Waals surface area contributed by atoms with E-state index in [4.69, 9.17) is 5.73 Å². The van der Waals surface area contributed by atoms with E-state index >= 15 is 0 Å². The molecule has 20 heavy (non-hydrogen) atoms. The topological polar surface area (TPSA) is 68.0 Å². The number of nitrogens with zero attached hydrogens (tertiary/aromatic N) is 1. The van der Waals surface area contributed by atoms with E-state index in [1.807, 2.05) is 6.92 Å². The Morgan fingerprint density at radius 2 is 2.30 bits per heavy atom. The quantitative estimate of drug-likeness (QED) is 0.887. The molecule has 106 valence electrons. The van der Waals surface area contributed by atoms with Crippen molar-refractivity contribution < 1.29 is 9.18 Å². The normalized spacial score (nSPS) is 10.5. The van der Waals surface area contributed by atoms with E-state index in [9.17, 15) is 9.18 Å². The Balaban J connectivity index is 1.79. The molecule has 0 fully saturated rings. The van der Waals surface area contributed by atoms with Crippen LogP contribution in [0.4, 0.5) is 9.52 Å². The molecule has 1 aromatic heterocycles. The summed E-state index contributed by atoms with van der Waals surface area (Å²) in [6.45, 7) is 2.38. The van der Waals surface area contributed by atoms with Gasteiger partial charge in [-0.15, -0.1) is 11.3 Å². The number of hydrogen-bond donors (Lipinski definition) is 2. The number of thiazole rings is 1. The maximum Gasteiger partial charge on any atom is 0.226 e. The van der Waals surface area contributed by atoms with Crippen LogP contribution in [0.3, 0.4) is 0 Å². The SMILES string of the molecule is Cc1cc(F)ccc1CCNC(=O)Cc1csc(N)n1. The van der Waals surface area contributed by atoms with Crippen molar-refractivity contribution >= 4 is 22.4 Å². The van der Waals surface area contributed by atoms with E-state index in [0.717, 1.165) is 11.1 Å². The van der Waals surface area contributed by atoms with Crippen LogP contribution in [-0.2, 0) is 17.6 Å². The summed E-state index contributed by atoms with van der Waals surface area (Å²) in [7, 11) is 0. The summed E-state index contributed by atoms with van der Waals surface area (Å²) in [6, 6.07) is 4.68. The first-order valence-corrected chi connectivity index (χ1v) is 7.14. The average molecular weight is 293 g/mol. The molecule has 0 unspecified atom stereocenters. The summed E-state index contributed by atoms with van der Waals surface area (Å²) in [5.74, 6) is -0.327. The Bertz CT molecular complexity index is 612. The van der Waals surface area contributed by atoms with Gasteiger partial charge in [0.2, 0.25) is 5.91 Å². The van der Waals surface area contributed by atoms with Crippen LogP contribution in [0.1, 0.15) is 16.8 Å². The minimum absolute atomic E-state index is 0.0879. The number of amides is 1. The van der Waals surface area contributed by atoms with Gasteiger partial charge in [-0.25, -0.2) is 9.37 Å². The summed E-state index contributed by atoms with van der Waals surface area (Å²) in [4.78, 5) is 15.7. The van der Waals surface area contributed by atoms with Crippen molar-refractivity contribution in [3.63, 3.8) is 0 Å². The number of anilines is 1. The number of nitrogen functional groups attached to an aromatic ring is 1. The van der Waals surface area contributed by atoms with Crippen LogP contribution in [0.5, 0.6) is 0 Å². The fourth-order valence-corrected chi connectivity index (χ4v) is 2.47. The molecular formula is C14H16FN3OS. The van der Waals surface area contributed by atoms with E-state index in [1.165, 1.54) is 23.5 Å². The van der Waals surface area contributed by atoms with Gasteiger partial charge in [-0.1, -0.05) is 6.07 Å². The van der Waals surface area contributed by atoms with Crippen LogP contribution in [0.2, 0.25) is 0 Å². The van der Waals surface area contributed by atoms with Gasteiger partial charge in [0.05, 0.1) is 12.1 Å². The third kappa shape index (κ3) is 4.03. The van der Waals surface area contributed by atoms with E-state index in [1.54, 1.807) is 11.4 Å². The zero-order valence-corrected chi connectivity index (χ0v) is 12.0. The molecule has 1 aromatic carbocycles. The number of rotatable bonds is 5. The van der Waals surface area contributed by atoms with Gasteiger partial charge in [0.25, 0.3) is 0 Å². The zero-order chi connectivity index (χ0) is 14.5. The number of halogens is 1. The van der Waals surface area contributed by atoms with Crippen LogP contribution in [0.15, 0.2) is 23.6 Å². The minimum Gasteiger partial charge on any atom is -0.375 e. The first-order chi connectivity index (χ1) is 9.54. The molecule has 0 spiro atoms. The van der Waals surface area contributed by atoms with E-state index in [2.05, 4.69) is 10.3 Å². The second kappa shape index (κ2) is 6.47. The molecule has 6 heteroatoms. The molecule has 0 radical (unpaired) electrons. The Morgan fingerprint density at radius 3 is 2.95 bits per heavy atom. The summed E-state index contributed by atoms with van der Waals surface area (Å²) in [5, 5.41) is 5.07. The van der Waals surface area contributed by atoms with Crippen LogP contribution in [-0.4, -0.2) is 17.4 Å². The third-order valence-electron chi connectivity index (χ3n) is 2.93. The molecule has 0 atom stereocenters. The van der Waals surface area contributed by atoms with Gasteiger partial charge in [-0.05, 0) is 36.6 Å². The van der Waals surface area contributed by atoms with Crippen molar-refractivity contribution in [2.45, 2.75) is 19.8 Å². The number of carbonyl (C=O) groups excluding carboxylic acids is 1. The predicted octanol–water partition coefficient (Wildman–Crippen LogP) is 2.07. The standard InChI is InChI=1S/C14H16FN3OS/c1-9-6-11(15)3-2-10(9)4-5-17-13(19)7-12-8-20-14(16)18-12/h2-3,6,8H,4-5,7H2,1H3,(H2,16,18)(H,17,19). The summed E-state index contributed by atoms with van der Waals surface area (Å²) in [6.07, 6.45) is 0.910. The predicted molar refractivity (Wildman–Crippen MR) is 78.1 cm³/mol. The minimum atomic E-state index is -0.239. The lowest BCUT2D eigenvalue weighted by Crippen LogP contribution is -2.27. The molecule has 1 amide bonds. The van der Waals surface area contributed by atoms with E-state index in [-0.39, 0.29) is 18.1 Å². The Kier molecular flexibility index (Phi) is 4.68. The van der Waals surface area contributed by atoms with Crippen molar-refractivity contribution in [1.82, 2.24) is 10.3 Å². The number of carbonyl (C=O) groups is 1. The van der Waals surface area contributed by atoms with Gasteiger partial charge in [-0.3, -0.25) is 4.79 Å². The lowest BCUT2D eigenvalue weighted by atomic mass is 10.1. The van der Waals surface area contributed by atoms with Crippen LogP contribution in [0.25, 0.3) is 0 Å². The second-order valence-corrected chi connectivity index (χ2v) is 5.41. The van der Waals surface area contributed by atoms with Gasteiger partial charge in [0.15, 0.2) is 5.13 Å². The van der Waals surface area contributed by atoms with Crippen molar-refractivity contribution in [3.8, 4) is 0 Å². The van der Waals surface area contributed by atoms with Crippen molar-refractivity contribution in [2.75, 3.05) is 12.3 Å². The molecule has 3 N–H and O–H groups in total. The number of aromatic nitrogens is 1. The highest BCUT2D eigenvalue weighted by Crippen LogP contribution is 2.12. The van der Waals surface area contributed by atoms with Crippen LogP contribution in [0, 0.1) is 12.7 Å². The summed E-state index contributed by atoms with van der Waals surface area (Å²) < 4.78 is 13.0. The lowest BCUT2D eigenvalue weighted by Gasteiger charge is -2.07. The molecule has 0 aliphatic heterocycles. The highest BCUT2D eigenvalue weighted by molar-refractivity contribution is 7.13. The molecule has 1 heterocycles. The molecule has 0 aliphatic carbocycles. The highest BCUT2D eigenvalue weighted by Gasteiger charge is 2.07. The van der Waals surface area contributed by atoms with Crippen molar-refractivity contribution in [3.05, 3.63) is 46.2 Å². The molecule has 2 aromatic rings. The van der Waals surface area contributed by atoms with Gasteiger partial charge >= 0.3 is 0 Å². The zero-order valence-electron chi connectivity index (χ0n) is 11.1. The third-order valence-corrected chi connectivity index (χ3v) is 3.66. The van der Waals surface area contributed by atoms with Crippen molar-refractivity contribution in [1.29, 1.82) is 0 Å². The van der Waals surface area contributed by atoms with Crippen molar-refractivity contribution in [2.24, 2.45) is 0 Å². The molecule has 0 saturated heterocycles. The molecule has 4 nitrogen and oxygen atoms in total. The number of nitrogens with one attached hydrogen (secondary N) is 1. The Labute approximate surface area is 120 Å². The number of aryl methyl sites for hydroxylation is 1. The van der Waals surface area contributed by atoms with Gasteiger partial charge < -0.3 is 11.1 Å². The lowest BCUT2D eigenvalue weighted by molar-refractivity contribution is -0.120. The van der Waals surface area contributed by atoms with Gasteiger partial charge in [-0.2, -0.15) is 0 Å². The van der Waals surface area contributed by atoms with Gasteiger partial charge in [0.1, 0.15) is 5.82 Å². The number of hydrogen-bond acceptors (Lipinski definition) is 4. The fraction of sp³-hybridized carbons (Fsp3) is 0.286. The smallest absolute Gasteiger partial charge is 0.226 e. The second-order valence-electron chi connectivity index (χ2n) is 4.52. The number of nitrogens with two attached hydrogens (primary N) is 1. The molecule has 0 aliphatic rings. The average Bonchev–Trinajstić information content (AvgIpc) is 2.77. The molecule has 0 bridgehead atoms. The number of benzene rings is 1. The monoisotopic (exact) mass is 293 g/mol. The Morgan fingerprint density at radius 1 is 1.50 bits per heavy atom. The Hall–Kier alpha value is -1.95. The first kappa shape index (κ1) is 14.5. The molecular weight excluding hydrogens is 277 g/mol. The molecule has 2 rings (SSSR count). The van der Waals surface area contributed by atoms with E-state index in [0.29, 0.717) is 23.8 Å². The highest BCUT2D eigenvalue weighted by atomic mass is 32.1. The maximum atomic E-state index is 13.0. The van der Waals surface area contributed by atoms with E-state index < -0.39 is 0 Å². The van der Waals surface area contributed by atoms with Gasteiger partial charge in [0, 0.05) is 11.9 Å². The summed E-state index contributed by atoms with van der Waals surface area (Å²) in [5.41, 5.74) is 8.11. The van der Waals surface area contributed by atoms with Crippen LogP contribution < -0.4 is 11.1 Å². The maximum absolute atomic E-state index is 13.0. The first-order valence-electron chi connectivity index (χ1n) is 6.26. The largest absolute Gasteiger partial charge is 0.375 e. The molecule has 0 saturated carbocycles. The summed E-state index contributed by atoms with van der Waals surface area (Å²) >= 11 is 1.32. The van der Waals surface area contributed by atoms with Crippen LogP contribution >= 0.6 is 11.3 Å². The fourth-order valence-electron chi connectivity index (χ4n) is 1.91.